The molecule has 0 aromatic carbocycles. The summed E-state index contributed by atoms with van der Waals surface area (Å²) in [5.41, 5.74) is 0.467. The van der Waals surface area contributed by atoms with Gasteiger partial charge in [-0.05, 0) is 153 Å². The van der Waals surface area contributed by atoms with Crippen molar-refractivity contribution >= 4 is 0 Å². The number of unbranched alkanes of at least 4 members (excludes halogenated alkanes) is 2. The summed E-state index contributed by atoms with van der Waals surface area (Å²) in [7, 11) is 0. The second-order valence-corrected chi connectivity index (χ2v) is 26.3. The summed E-state index contributed by atoms with van der Waals surface area (Å²) in [6.07, 6.45) is -0.436. The molecule has 0 aromatic heterocycles. The summed E-state index contributed by atoms with van der Waals surface area (Å²) < 4.78 is 11.6. The van der Waals surface area contributed by atoms with E-state index in [0.717, 1.165) is 12.8 Å². The molecule has 22 N–H and O–H groups in total. The monoisotopic (exact) mass is 1370 g/mol. The van der Waals surface area contributed by atoms with Crippen LogP contribution in [0.2, 0.25) is 0 Å². The maximum absolute atomic E-state index is 11.2. The van der Waals surface area contributed by atoms with Crippen LogP contribution in [0.5, 0.6) is 0 Å². The van der Waals surface area contributed by atoms with E-state index in [2.05, 4.69) is 19.2 Å². The Kier molecular flexibility index (Phi) is 45.8. The molecule has 25 atom stereocenters. The Morgan fingerprint density at radius 1 is 0.510 bits per heavy atom. The molecule has 2 rings (SSSR count). The number of hydrogen-bond acceptors (Lipinski definition) is 24. The highest BCUT2D eigenvalue weighted by Crippen LogP contribution is 2.32. The van der Waals surface area contributed by atoms with Gasteiger partial charge in [0.2, 0.25) is 0 Å². The van der Waals surface area contributed by atoms with Crippen molar-refractivity contribution in [1.29, 1.82) is 0 Å². The summed E-state index contributed by atoms with van der Waals surface area (Å²) in [5.74, 6) is -0.550. The van der Waals surface area contributed by atoms with E-state index in [9.17, 15) is 107 Å². The molecule has 2 aliphatic rings. The molecule has 24 nitrogen and oxygen atoms in total. The van der Waals surface area contributed by atoms with Gasteiger partial charge in [-0.25, -0.2) is 0 Å². The lowest BCUT2D eigenvalue weighted by Crippen LogP contribution is -2.59. The molecule has 554 valence electrons. The van der Waals surface area contributed by atoms with E-state index in [4.69, 9.17) is 14.6 Å². The van der Waals surface area contributed by atoms with E-state index in [1.54, 1.807) is 38.2 Å². The molecule has 96 heavy (non-hydrogen) atoms. The summed E-state index contributed by atoms with van der Waals surface area (Å²) in [5, 5.41) is 233. The zero-order valence-corrected chi connectivity index (χ0v) is 56.3. The molecule has 25 unspecified atom stereocenters. The molecule has 24 heteroatoms. The predicted octanol–water partition coefficient (Wildman–Crippen LogP) is 2.20. The van der Waals surface area contributed by atoms with Crippen LogP contribution in [0.4, 0.5) is 0 Å². The topological polar surface area (TPSA) is 464 Å². The highest BCUT2D eigenvalue weighted by molar-refractivity contribution is 5.13. The fourth-order valence-corrected chi connectivity index (χ4v) is 11.5. The molecule has 0 aromatic rings. The Morgan fingerprint density at radius 2 is 1.05 bits per heavy atom. The van der Waals surface area contributed by atoms with Gasteiger partial charge in [-0.3, -0.25) is 0 Å². The van der Waals surface area contributed by atoms with Gasteiger partial charge in [0, 0.05) is 25.7 Å². The van der Waals surface area contributed by atoms with Crippen LogP contribution in [0.15, 0.2) is 121 Å². The molecule has 2 fully saturated rings. The highest BCUT2D eigenvalue weighted by Gasteiger charge is 2.47. The van der Waals surface area contributed by atoms with Crippen LogP contribution < -0.4 is 0 Å². The Balaban J connectivity index is 1.76. The van der Waals surface area contributed by atoms with Gasteiger partial charge in [0.1, 0.15) is 61.0 Å². The molecule has 0 spiro atoms. The lowest BCUT2D eigenvalue weighted by Gasteiger charge is -2.42. The van der Waals surface area contributed by atoms with Crippen LogP contribution >= 0.6 is 0 Å². The number of hydrogen-bond donors (Lipinski definition) is 22. The smallest absolute Gasteiger partial charge is 0.115 e. The first kappa shape index (κ1) is 88.4. The number of allylic oxidation sites excluding steroid dienone is 13. The first-order chi connectivity index (χ1) is 45.5. The van der Waals surface area contributed by atoms with Crippen molar-refractivity contribution < 1.29 is 122 Å². The molecule has 0 bridgehead atoms. The summed E-state index contributed by atoms with van der Waals surface area (Å²) in [6, 6.07) is 0. The number of aliphatic hydroxyl groups excluding tert-OH is 22. The van der Waals surface area contributed by atoms with Gasteiger partial charge >= 0.3 is 0 Å². The fourth-order valence-electron chi connectivity index (χ4n) is 11.5. The maximum atomic E-state index is 11.2. The first-order valence-corrected chi connectivity index (χ1v) is 34.4. The van der Waals surface area contributed by atoms with Gasteiger partial charge in [0.05, 0.1) is 97.8 Å². The van der Waals surface area contributed by atoms with Crippen LogP contribution in [0.3, 0.4) is 0 Å². The SMILES string of the molecule is C=C/C=C/CC/C=C/C=C/C=C/CC/C=C/C(O)C(O)C1OC(C(O)C(O)C(=C)CCC(O)C2CC(O)C(O)C(C(O)C(O)/C=C(\C)CCC(O)CC(O)C(O)C(C)CC(O)C(O)CCCC(O)CCCC(O)CCC/C(O)=C\CCC(O)/C=C/CC(O)CO)O2)CC(O)C1O. The average molecular weight is 1370 g/mol. The second-order valence-electron chi connectivity index (χ2n) is 26.3. The van der Waals surface area contributed by atoms with Crippen LogP contribution in [0, 0.1) is 5.92 Å². The van der Waals surface area contributed by atoms with Crippen molar-refractivity contribution in [3.05, 3.63) is 121 Å². The van der Waals surface area contributed by atoms with Crippen LogP contribution in [-0.2, 0) is 9.47 Å². The number of rotatable bonds is 51. The van der Waals surface area contributed by atoms with E-state index in [-0.39, 0.29) is 82.1 Å². The highest BCUT2D eigenvalue weighted by atomic mass is 16.6. The summed E-state index contributed by atoms with van der Waals surface area (Å²) >= 11 is 0. The van der Waals surface area contributed by atoms with E-state index < -0.39 is 152 Å². The van der Waals surface area contributed by atoms with Crippen molar-refractivity contribution in [1.82, 2.24) is 0 Å². The molecule has 2 saturated heterocycles. The van der Waals surface area contributed by atoms with Crippen LogP contribution in [0.1, 0.15) is 168 Å². The van der Waals surface area contributed by atoms with Crippen molar-refractivity contribution in [3.63, 3.8) is 0 Å². The Labute approximate surface area is 567 Å². The third kappa shape index (κ3) is 35.5. The Bertz CT molecular complexity index is 2330. The molecule has 2 aliphatic heterocycles. The van der Waals surface area contributed by atoms with Gasteiger partial charge in [0.25, 0.3) is 0 Å². The molecule has 2 heterocycles. The maximum Gasteiger partial charge on any atom is 0.115 e. The molecular weight excluding hydrogens is 1250 g/mol. The van der Waals surface area contributed by atoms with E-state index >= 15 is 0 Å². The lowest BCUT2D eigenvalue weighted by molar-refractivity contribution is -0.234. The van der Waals surface area contributed by atoms with Crippen molar-refractivity contribution in [3.8, 4) is 0 Å². The minimum absolute atomic E-state index is 0.000917. The normalized spacial score (nSPS) is 26.6. The zero-order chi connectivity index (χ0) is 71.9. The van der Waals surface area contributed by atoms with Crippen molar-refractivity contribution in [2.45, 2.75) is 314 Å². The van der Waals surface area contributed by atoms with Gasteiger partial charge in [-0.1, -0.05) is 111 Å². The van der Waals surface area contributed by atoms with E-state index in [1.807, 2.05) is 42.5 Å². The van der Waals surface area contributed by atoms with E-state index in [0.29, 0.717) is 82.6 Å². The minimum Gasteiger partial charge on any atom is -0.513 e. The molecule has 0 amide bonds. The van der Waals surface area contributed by atoms with Gasteiger partial charge in [0.15, 0.2) is 0 Å². The van der Waals surface area contributed by atoms with Crippen LogP contribution in [-0.4, -0.2) is 265 Å². The Morgan fingerprint density at radius 3 is 1.65 bits per heavy atom. The molecule has 0 saturated carbocycles. The third-order valence-electron chi connectivity index (χ3n) is 17.7. The zero-order valence-electron chi connectivity index (χ0n) is 56.3. The largest absolute Gasteiger partial charge is 0.513 e. The van der Waals surface area contributed by atoms with Crippen molar-refractivity contribution in [2.75, 3.05) is 6.61 Å². The van der Waals surface area contributed by atoms with Gasteiger partial charge < -0.3 is 122 Å². The average Bonchev–Trinajstić information content (AvgIpc) is 0.836. The quantitative estimate of drug-likeness (QED) is 0.0180. The second kappa shape index (κ2) is 49.8. The predicted molar refractivity (Wildman–Crippen MR) is 363 cm³/mol. The fraction of sp³-hybridized carbons (Fsp3) is 0.722. The molecule has 0 aliphatic carbocycles. The number of ether oxygens (including phenoxy) is 2. The molecule has 0 radical (unpaired) electrons. The van der Waals surface area contributed by atoms with Crippen molar-refractivity contribution in [2.24, 2.45) is 5.92 Å². The van der Waals surface area contributed by atoms with E-state index in [1.165, 1.54) is 18.2 Å². The minimum atomic E-state index is -1.84. The first-order valence-electron chi connectivity index (χ1n) is 34.4. The Hall–Kier alpha value is -3.72. The van der Waals surface area contributed by atoms with Gasteiger partial charge in [-0.15, -0.1) is 0 Å². The standard InChI is InChI=1S/C72H122O24/c1-5-6-7-8-9-10-11-12-13-14-15-16-17-18-33-56(82)66(90)71-69(93)61(87)43-63(96-71)70(94)65(89)46(3)36-38-55(81)62-42-60(86)68(92)72(95-62)67(91)58(84)39-45(2)35-37-52(78)41-59(85)64(88)47(4)40-57(83)54(80)34-23-31-51(77)29-21-27-49(75)25-19-24-48(74)26-20-28-50(76)30-22-32-53(79)44-73/h5-7,10-15,18,22,26,30,33,39,47,49-94H,1,3,8-9,16-17,19-21,23-25,27-29,31-32,34-38,40-44H2,2,4H3/b7-6+,11-10+,13-12+,15-14+,30-22+,33-18+,45-39+,48-26+. The summed E-state index contributed by atoms with van der Waals surface area (Å²) in [6.45, 7) is 10.3. The lowest BCUT2D eigenvalue weighted by atomic mass is 9.87. The van der Waals surface area contributed by atoms with Gasteiger partial charge in [-0.2, -0.15) is 0 Å². The third-order valence-corrected chi connectivity index (χ3v) is 17.7. The van der Waals surface area contributed by atoms with Crippen LogP contribution in [0.25, 0.3) is 0 Å². The molecular formula is C72H122O24. The number of aliphatic hydroxyl groups is 22. The summed E-state index contributed by atoms with van der Waals surface area (Å²) in [4.78, 5) is 0.